The van der Waals surface area contributed by atoms with Gasteiger partial charge in [0.25, 0.3) is 11.8 Å². The number of ether oxygens (including phenoxy) is 1. The highest BCUT2D eigenvalue weighted by atomic mass is 35.5. The Morgan fingerprint density at radius 2 is 1.63 bits per heavy atom. The van der Waals surface area contributed by atoms with Crippen LogP contribution in [0.2, 0.25) is 5.02 Å². The van der Waals surface area contributed by atoms with E-state index in [0.717, 1.165) is 11.3 Å². The number of carbonyl (C=O) groups excluding carboxylic acids is 2. The Hall–Kier alpha value is -3.51. The van der Waals surface area contributed by atoms with Crippen molar-refractivity contribution < 1.29 is 14.3 Å². The highest BCUT2D eigenvalue weighted by Crippen LogP contribution is 2.42. The van der Waals surface area contributed by atoms with E-state index in [1.807, 2.05) is 66.5 Å². The third kappa shape index (κ3) is 3.57. The fourth-order valence-corrected chi connectivity index (χ4v) is 3.89. The molecule has 7 heteroatoms. The number of para-hydroxylation sites is 2. The van der Waals surface area contributed by atoms with Crippen molar-refractivity contribution >= 4 is 34.8 Å². The van der Waals surface area contributed by atoms with E-state index in [9.17, 15) is 9.59 Å². The SMILES string of the molecule is CN1c2ccccc2C(=O)N(c2ccccc2Cl)C1c1ccc(OCC(N)=O)cc1. The molecule has 0 saturated carbocycles. The van der Waals surface area contributed by atoms with E-state index in [4.69, 9.17) is 22.1 Å². The van der Waals surface area contributed by atoms with Crippen molar-refractivity contribution in [2.75, 3.05) is 23.5 Å². The first-order valence-corrected chi connectivity index (χ1v) is 9.76. The Balaban J connectivity index is 1.79. The monoisotopic (exact) mass is 421 g/mol. The highest BCUT2D eigenvalue weighted by Gasteiger charge is 2.38. The zero-order valence-electron chi connectivity index (χ0n) is 16.3. The van der Waals surface area contributed by atoms with Crippen LogP contribution in [-0.2, 0) is 4.79 Å². The van der Waals surface area contributed by atoms with Gasteiger partial charge < -0.3 is 15.4 Å². The van der Waals surface area contributed by atoms with Crippen LogP contribution in [0.1, 0.15) is 22.1 Å². The summed E-state index contributed by atoms with van der Waals surface area (Å²) in [7, 11) is 1.94. The first-order valence-electron chi connectivity index (χ1n) is 9.38. The molecule has 0 radical (unpaired) electrons. The minimum Gasteiger partial charge on any atom is -0.484 e. The Bertz CT molecular complexity index is 1100. The summed E-state index contributed by atoms with van der Waals surface area (Å²) in [6, 6.07) is 22.0. The topological polar surface area (TPSA) is 75.9 Å². The van der Waals surface area contributed by atoms with Crippen molar-refractivity contribution in [3.05, 3.63) is 88.9 Å². The summed E-state index contributed by atoms with van der Waals surface area (Å²) in [5, 5.41) is 0.491. The Kier molecular flexibility index (Phi) is 5.33. The van der Waals surface area contributed by atoms with Crippen molar-refractivity contribution in [1.82, 2.24) is 0 Å². The normalized spacial score (nSPS) is 15.7. The van der Waals surface area contributed by atoms with Gasteiger partial charge in [0.2, 0.25) is 0 Å². The lowest BCUT2D eigenvalue weighted by Crippen LogP contribution is -2.48. The van der Waals surface area contributed by atoms with E-state index in [0.29, 0.717) is 22.0 Å². The number of primary amides is 1. The van der Waals surface area contributed by atoms with Crippen molar-refractivity contribution in [3.8, 4) is 5.75 Å². The molecule has 1 atom stereocenters. The van der Waals surface area contributed by atoms with E-state index in [1.54, 1.807) is 23.1 Å². The quantitative estimate of drug-likeness (QED) is 0.675. The molecule has 0 bridgehead atoms. The molecular weight excluding hydrogens is 402 g/mol. The summed E-state index contributed by atoms with van der Waals surface area (Å²) >= 11 is 6.47. The molecule has 0 saturated heterocycles. The van der Waals surface area contributed by atoms with Gasteiger partial charge in [-0.3, -0.25) is 14.5 Å². The summed E-state index contributed by atoms with van der Waals surface area (Å²) in [6.45, 7) is -0.194. The largest absolute Gasteiger partial charge is 0.484 e. The molecule has 0 fully saturated rings. The number of hydrogen-bond acceptors (Lipinski definition) is 4. The van der Waals surface area contributed by atoms with Gasteiger partial charge in [0.05, 0.1) is 22.0 Å². The van der Waals surface area contributed by atoms with Crippen molar-refractivity contribution in [2.45, 2.75) is 6.17 Å². The van der Waals surface area contributed by atoms with E-state index < -0.39 is 12.1 Å². The average molecular weight is 422 g/mol. The number of amides is 2. The van der Waals surface area contributed by atoms with Crippen LogP contribution in [0.15, 0.2) is 72.8 Å². The molecule has 4 rings (SSSR count). The Morgan fingerprint density at radius 3 is 2.30 bits per heavy atom. The lowest BCUT2D eigenvalue weighted by Gasteiger charge is -2.44. The molecule has 6 nitrogen and oxygen atoms in total. The fraction of sp³-hybridized carbons (Fsp3) is 0.130. The van der Waals surface area contributed by atoms with Gasteiger partial charge in [-0.1, -0.05) is 48.0 Å². The minimum atomic E-state index is -0.543. The predicted octanol–water partition coefficient (Wildman–Crippen LogP) is 4.00. The smallest absolute Gasteiger partial charge is 0.262 e. The molecular formula is C23H20ClN3O3. The second kappa shape index (κ2) is 8.08. The number of carbonyl (C=O) groups is 2. The molecule has 30 heavy (non-hydrogen) atoms. The molecule has 1 unspecified atom stereocenters. The van der Waals surface area contributed by atoms with E-state index in [1.165, 1.54) is 0 Å². The summed E-state index contributed by atoms with van der Waals surface area (Å²) in [5.41, 5.74) is 8.08. The fourth-order valence-electron chi connectivity index (χ4n) is 3.66. The third-order valence-corrected chi connectivity index (χ3v) is 5.34. The predicted molar refractivity (Wildman–Crippen MR) is 117 cm³/mol. The van der Waals surface area contributed by atoms with Crippen molar-refractivity contribution in [1.29, 1.82) is 0 Å². The van der Waals surface area contributed by atoms with Crippen LogP contribution >= 0.6 is 11.6 Å². The second-order valence-electron chi connectivity index (χ2n) is 6.95. The standard InChI is InChI=1S/C23H20ClN3O3/c1-26-19-8-4-2-6-17(19)23(29)27(20-9-5-3-7-18(20)24)22(26)15-10-12-16(13-11-15)30-14-21(25)28/h2-13,22H,14H2,1H3,(H2,25,28). The summed E-state index contributed by atoms with van der Waals surface area (Å²) < 4.78 is 5.35. The summed E-state index contributed by atoms with van der Waals surface area (Å²) in [5.74, 6) is -0.152. The van der Waals surface area contributed by atoms with Gasteiger partial charge in [0.1, 0.15) is 11.9 Å². The number of nitrogens with zero attached hydrogens (tertiary/aromatic N) is 2. The van der Waals surface area contributed by atoms with Crippen LogP contribution in [0.25, 0.3) is 0 Å². The maximum absolute atomic E-state index is 13.5. The molecule has 152 valence electrons. The number of benzene rings is 3. The van der Waals surface area contributed by atoms with Gasteiger partial charge in [-0.25, -0.2) is 0 Å². The molecule has 2 N–H and O–H groups in total. The number of halogens is 1. The van der Waals surface area contributed by atoms with Crippen LogP contribution in [0.3, 0.4) is 0 Å². The van der Waals surface area contributed by atoms with Gasteiger partial charge in [0, 0.05) is 7.05 Å². The molecule has 1 aliphatic heterocycles. The van der Waals surface area contributed by atoms with Gasteiger partial charge >= 0.3 is 0 Å². The summed E-state index contributed by atoms with van der Waals surface area (Å²) in [4.78, 5) is 28.2. The third-order valence-electron chi connectivity index (χ3n) is 5.02. The van der Waals surface area contributed by atoms with Gasteiger partial charge in [-0.2, -0.15) is 0 Å². The van der Waals surface area contributed by atoms with E-state index in [-0.39, 0.29) is 12.5 Å². The van der Waals surface area contributed by atoms with Gasteiger partial charge in [-0.05, 0) is 42.0 Å². The zero-order valence-corrected chi connectivity index (χ0v) is 17.0. The van der Waals surface area contributed by atoms with Crippen LogP contribution in [0, 0.1) is 0 Å². The lowest BCUT2D eigenvalue weighted by molar-refractivity contribution is -0.119. The second-order valence-corrected chi connectivity index (χ2v) is 7.36. The number of anilines is 2. The van der Waals surface area contributed by atoms with Crippen LogP contribution in [0.4, 0.5) is 11.4 Å². The maximum atomic E-state index is 13.5. The van der Waals surface area contributed by atoms with Gasteiger partial charge in [-0.15, -0.1) is 0 Å². The molecule has 3 aromatic rings. The van der Waals surface area contributed by atoms with Crippen LogP contribution < -0.4 is 20.3 Å². The van der Waals surface area contributed by atoms with Gasteiger partial charge in [0.15, 0.2) is 6.61 Å². The number of rotatable bonds is 5. The minimum absolute atomic E-state index is 0.129. The number of hydrogen-bond donors (Lipinski definition) is 1. The van der Waals surface area contributed by atoms with Crippen molar-refractivity contribution in [2.24, 2.45) is 5.73 Å². The first kappa shape index (κ1) is 19.8. The van der Waals surface area contributed by atoms with E-state index in [2.05, 4.69) is 0 Å². The Labute approximate surface area is 179 Å². The average Bonchev–Trinajstić information content (AvgIpc) is 2.76. The first-order chi connectivity index (χ1) is 14.5. The lowest BCUT2D eigenvalue weighted by atomic mass is 10.0. The molecule has 1 heterocycles. The Morgan fingerprint density at radius 1 is 1.00 bits per heavy atom. The highest BCUT2D eigenvalue weighted by molar-refractivity contribution is 6.34. The molecule has 1 aliphatic rings. The molecule has 0 spiro atoms. The van der Waals surface area contributed by atoms with Crippen molar-refractivity contribution in [3.63, 3.8) is 0 Å². The van der Waals surface area contributed by atoms with E-state index >= 15 is 0 Å². The summed E-state index contributed by atoms with van der Waals surface area (Å²) in [6.07, 6.45) is -0.419. The molecule has 2 amide bonds. The molecule has 3 aromatic carbocycles. The molecule has 0 aromatic heterocycles. The van der Waals surface area contributed by atoms with Crippen LogP contribution in [-0.4, -0.2) is 25.5 Å². The van der Waals surface area contributed by atoms with Crippen LogP contribution in [0.5, 0.6) is 5.75 Å². The zero-order chi connectivity index (χ0) is 21.3. The maximum Gasteiger partial charge on any atom is 0.262 e. The number of fused-ring (bicyclic) bond motifs is 1. The molecule has 0 aliphatic carbocycles. The number of nitrogens with two attached hydrogens (primary N) is 1.